The van der Waals surface area contributed by atoms with Crippen molar-refractivity contribution in [2.24, 2.45) is 0 Å². The third kappa shape index (κ3) is 3.11. The second-order valence-electron chi connectivity index (χ2n) is 5.87. The number of carboxylic acids is 1. The molecule has 0 spiro atoms. The van der Waals surface area contributed by atoms with Gasteiger partial charge in [0, 0.05) is 25.1 Å². The van der Waals surface area contributed by atoms with Crippen LogP contribution in [0.1, 0.15) is 36.0 Å². The maximum atomic E-state index is 11.6. The highest BCUT2D eigenvalue weighted by Gasteiger charge is 2.24. The highest BCUT2D eigenvalue weighted by molar-refractivity contribution is 5.93. The number of anilines is 1. The van der Waals surface area contributed by atoms with Crippen molar-refractivity contribution in [3.8, 4) is 0 Å². The first-order valence-corrected chi connectivity index (χ1v) is 7.74. The smallest absolute Gasteiger partial charge is 0.304 e. The summed E-state index contributed by atoms with van der Waals surface area (Å²) >= 11 is 0. The van der Waals surface area contributed by atoms with Crippen molar-refractivity contribution < 1.29 is 14.7 Å². The van der Waals surface area contributed by atoms with E-state index < -0.39 is 5.97 Å². The van der Waals surface area contributed by atoms with Crippen LogP contribution in [0.25, 0.3) is 0 Å². The second-order valence-corrected chi connectivity index (χ2v) is 5.87. The van der Waals surface area contributed by atoms with Gasteiger partial charge in [-0.3, -0.25) is 9.59 Å². The summed E-state index contributed by atoms with van der Waals surface area (Å²) in [5, 5.41) is 9.26. The van der Waals surface area contributed by atoms with Crippen LogP contribution in [0.4, 0.5) is 5.69 Å². The van der Waals surface area contributed by atoms with Crippen LogP contribution in [0.15, 0.2) is 48.5 Å². The number of carbonyl (C=O) groups excluding carboxylic acids is 1. The van der Waals surface area contributed by atoms with Crippen molar-refractivity contribution >= 4 is 17.6 Å². The molecule has 1 atom stereocenters. The van der Waals surface area contributed by atoms with Gasteiger partial charge >= 0.3 is 5.97 Å². The quantitative estimate of drug-likeness (QED) is 0.943. The Morgan fingerprint density at radius 3 is 2.52 bits per heavy atom. The Morgan fingerprint density at radius 2 is 1.87 bits per heavy atom. The molecule has 0 unspecified atom stereocenters. The van der Waals surface area contributed by atoms with Crippen molar-refractivity contribution in [1.82, 2.24) is 0 Å². The summed E-state index contributed by atoms with van der Waals surface area (Å²) in [6.07, 6.45) is 0.872. The van der Waals surface area contributed by atoms with Crippen LogP contribution in [0.3, 0.4) is 0 Å². The van der Waals surface area contributed by atoms with Gasteiger partial charge in [-0.05, 0) is 29.2 Å². The molecule has 0 aromatic heterocycles. The maximum Gasteiger partial charge on any atom is 0.304 e. The van der Waals surface area contributed by atoms with E-state index in [4.69, 9.17) is 0 Å². The molecule has 1 N–H and O–H groups in total. The molecule has 1 amide bonds. The average molecular weight is 309 g/mol. The molecule has 2 aromatic rings. The fraction of sp³-hybridized carbons (Fsp3) is 0.263. The van der Waals surface area contributed by atoms with Crippen LogP contribution in [0.2, 0.25) is 0 Å². The summed E-state index contributed by atoms with van der Waals surface area (Å²) < 4.78 is 0. The number of aliphatic carboxylic acids is 1. The summed E-state index contributed by atoms with van der Waals surface area (Å²) in [5.41, 5.74) is 4.05. The van der Waals surface area contributed by atoms with E-state index in [2.05, 4.69) is 6.07 Å². The molecule has 0 radical (unpaired) electrons. The number of fused-ring (bicyclic) bond motifs is 1. The molecule has 1 aliphatic heterocycles. The first-order chi connectivity index (χ1) is 11.1. The molecule has 0 saturated heterocycles. The van der Waals surface area contributed by atoms with Crippen molar-refractivity contribution in [3.05, 3.63) is 65.2 Å². The molecule has 23 heavy (non-hydrogen) atoms. The van der Waals surface area contributed by atoms with E-state index >= 15 is 0 Å². The van der Waals surface area contributed by atoms with E-state index in [1.807, 2.05) is 42.5 Å². The van der Waals surface area contributed by atoms with E-state index in [9.17, 15) is 14.7 Å². The number of hydrogen-bond donors (Lipinski definition) is 1. The second kappa shape index (κ2) is 6.24. The molecule has 4 nitrogen and oxygen atoms in total. The number of nitrogens with zero attached hydrogens (tertiary/aromatic N) is 1. The number of rotatable bonds is 4. The molecule has 1 aliphatic rings. The lowest BCUT2D eigenvalue weighted by atomic mass is 9.87. The van der Waals surface area contributed by atoms with Crippen molar-refractivity contribution in [1.29, 1.82) is 0 Å². The third-order valence-corrected chi connectivity index (χ3v) is 4.36. The predicted molar refractivity (Wildman–Crippen MR) is 88.7 cm³/mol. The lowest BCUT2D eigenvalue weighted by Crippen LogP contribution is -2.25. The molecule has 0 bridgehead atoms. The van der Waals surface area contributed by atoms with Gasteiger partial charge in [0.2, 0.25) is 5.91 Å². The normalized spacial score (nSPS) is 14.4. The summed E-state index contributed by atoms with van der Waals surface area (Å²) in [6.45, 7) is 2.27. The molecule has 0 fully saturated rings. The zero-order valence-corrected chi connectivity index (χ0v) is 13.0. The highest BCUT2D eigenvalue weighted by atomic mass is 16.4. The van der Waals surface area contributed by atoms with Crippen LogP contribution in [0, 0.1) is 0 Å². The van der Waals surface area contributed by atoms with Gasteiger partial charge in [0.15, 0.2) is 0 Å². The van der Waals surface area contributed by atoms with Gasteiger partial charge in [0.25, 0.3) is 0 Å². The van der Waals surface area contributed by atoms with Crippen LogP contribution in [-0.4, -0.2) is 23.5 Å². The number of amides is 1. The number of carboxylic acid groups (broad SMARTS) is 1. The summed E-state index contributed by atoms with van der Waals surface area (Å²) in [5.74, 6) is -0.947. The van der Waals surface area contributed by atoms with E-state index in [-0.39, 0.29) is 18.2 Å². The minimum Gasteiger partial charge on any atom is -0.481 e. The van der Waals surface area contributed by atoms with Gasteiger partial charge in [0.1, 0.15) is 0 Å². The van der Waals surface area contributed by atoms with E-state index in [1.165, 1.54) is 0 Å². The average Bonchev–Trinajstić information content (AvgIpc) is 2.96. The predicted octanol–water partition coefficient (Wildman–Crippen LogP) is 3.20. The summed E-state index contributed by atoms with van der Waals surface area (Å²) in [4.78, 5) is 24.7. The first kappa shape index (κ1) is 15.3. The van der Waals surface area contributed by atoms with Crippen molar-refractivity contribution in [2.45, 2.75) is 25.7 Å². The minimum atomic E-state index is -0.815. The monoisotopic (exact) mass is 309 g/mol. The number of benzene rings is 2. The zero-order chi connectivity index (χ0) is 16.4. The molecule has 2 aromatic carbocycles. The molecule has 0 saturated carbocycles. The molecule has 118 valence electrons. The van der Waals surface area contributed by atoms with Crippen molar-refractivity contribution in [3.63, 3.8) is 0 Å². The lowest BCUT2D eigenvalue weighted by molar-refractivity contribution is -0.137. The molecule has 4 heteroatoms. The van der Waals surface area contributed by atoms with E-state index in [1.54, 1.807) is 11.8 Å². The van der Waals surface area contributed by atoms with E-state index in [0.717, 1.165) is 28.8 Å². The van der Waals surface area contributed by atoms with Gasteiger partial charge in [-0.25, -0.2) is 0 Å². The molecular formula is C19H19NO3. The van der Waals surface area contributed by atoms with Gasteiger partial charge < -0.3 is 10.0 Å². The minimum absolute atomic E-state index is 0.0432. The zero-order valence-electron chi connectivity index (χ0n) is 13.0. The Labute approximate surface area is 135 Å². The lowest BCUT2D eigenvalue weighted by Gasteiger charge is -2.19. The Morgan fingerprint density at radius 1 is 1.13 bits per heavy atom. The van der Waals surface area contributed by atoms with Gasteiger partial charge in [-0.15, -0.1) is 0 Å². The van der Waals surface area contributed by atoms with Gasteiger partial charge in [0.05, 0.1) is 6.42 Å². The summed E-state index contributed by atoms with van der Waals surface area (Å²) in [6, 6.07) is 15.6. The third-order valence-electron chi connectivity index (χ3n) is 4.36. The highest BCUT2D eigenvalue weighted by Crippen LogP contribution is 2.34. The Bertz CT molecular complexity index is 740. The molecular weight excluding hydrogens is 290 g/mol. The Kier molecular flexibility index (Phi) is 4.15. The van der Waals surface area contributed by atoms with Crippen LogP contribution in [0.5, 0.6) is 0 Å². The topological polar surface area (TPSA) is 57.6 Å². The van der Waals surface area contributed by atoms with E-state index in [0.29, 0.717) is 6.54 Å². The summed E-state index contributed by atoms with van der Waals surface area (Å²) in [7, 11) is 0. The number of carbonyl (C=O) groups is 2. The first-order valence-electron chi connectivity index (χ1n) is 7.74. The largest absolute Gasteiger partial charge is 0.481 e. The molecule has 1 heterocycles. The Balaban J connectivity index is 1.98. The fourth-order valence-electron chi connectivity index (χ4n) is 3.25. The Hall–Kier alpha value is -2.62. The standard InChI is InChI=1S/C19H19NO3/c1-13(21)20-10-9-16-11-15(7-8-18(16)20)17(12-19(22)23)14-5-3-2-4-6-14/h2-8,11,17H,9-10,12H2,1H3,(H,22,23)/t17-/m1/s1. The van der Waals surface area contributed by atoms with Crippen LogP contribution < -0.4 is 4.90 Å². The number of hydrogen-bond acceptors (Lipinski definition) is 2. The SMILES string of the molecule is CC(=O)N1CCc2cc([C@H](CC(=O)O)c3ccccc3)ccc21. The maximum absolute atomic E-state index is 11.6. The molecule has 0 aliphatic carbocycles. The van der Waals surface area contributed by atoms with Crippen molar-refractivity contribution in [2.75, 3.05) is 11.4 Å². The van der Waals surface area contributed by atoms with Crippen LogP contribution in [-0.2, 0) is 16.0 Å². The fourth-order valence-corrected chi connectivity index (χ4v) is 3.25. The molecule has 3 rings (SSSR count). The van der Waals surface area contributed by atoms with Crippen LogP contribution >= 0.6 is 0 Å². The van der Waals surface area contributed by atoms with Gasteiger partial charge in [-0.2, -0.15) is 0 Å². The van der Waals surface area contributed by atoms with Gasteiger partial charge in [-0.1, -0.05) is 42.5 Å².